The lowest BCUT2D eigenvalue weighted by atomic mass is 9.90. The summed E-state index contributed by atoms with van der Waals surface area (Å²) >= 11 is 0. The zero-order valence-corrected chi connectivity index (χ0v) is 20.2. The van der Waals surface area contributed by atoms with Crippen LogP contribution in [0.3, 0.4) is 0 Å². The van der Waals surface area contributed by atoms with E-state index in [4.69, 9.17) is 23.7 Å². The standard InChI is InChI=1S/C27H31NO6/c1-17(2)34-22-13-11-21(19-8-6-7-9-20(19)22)28-26(29)27(3)15-32-25(33-16-27)18-10-12-23(30-4)24(14-18)31-5/h6-14,17,25H,15-16H2,1-5H3,(H,28,29). The molecule has 0 saturated carbocycles. The molecule has 34 heavy (non-hydrogen) atoms. The first-order valence-electron chi connectivity index (χ1n) is 11.3. The molecule has 0 atom stereocenters. The third-order valence-corrected chi connectivity index (χ3v) is 5.83. The Morgan fingerprint density at radius 1 is 0.941 bits per heavy atom. The lowest BCUT2D eigenvalue weighted by molar-refractivity contribution is -0.226. The smallest absolute Gasteiger partial charge is 0.235 e. The molecule has 180 valence electrons. The first kappa shape index (κ1) is 23.9. The van der Waals surface area contributed by atoms with Gasteiger partial charge in [-0.2, -0.15) is 0 Å². The van der Waals surface area contributed by atoms with Gasteiger partial charge in [0, 0.05) is 22.0 Å². The lowest BCUT2D eigenvalue weighted by Gasteiger charge is -2.36. The van der Waals surface area contributed by atoms with Crippen LogP contribution in [0.15, 0.2) is 54.6 Å². The van der Waals surface area contributed by atoms with Gasteiger partial charge in [-0.3, -0.25) is 4.79 Å². The quantitative estimate of drug-likeness (QED) is 0.508. The molecule has 0 spiro atoms. The van der Waals surface area contributed by atoms with Crippen LogP contribution in [-0.2, 0) is 14.3 Å². The van der Waals surface area contributed by atoms with E-state index in [2.05, 4.69) is 5.32 Å². The Balaban J connectivity index is 1.48. The van der Waals surface area contributed by atoms with Crippen LogP contribution in [0.1, 0.15) is 32.6 Å². The molecule has 0 aromatic heterocycles. The Labute approximate surface area is 199 Å². The molecule has 1 fully saturated rings. The Hall–Kier alpha value is -3.29. The van der Waals surface area contributed by atoms with Gasteiger partial charge in [-0.25, -0.2) is 0 Å². The van der Waals surface area contributed by atoms with Gasteiger partial charge < -0.3 is 29.0 Å². The molecule has 1 N–H and O–H groups in total. The van der Waals surface area contributed by atoms with Gasteiger partial charge in [-0.05, 0) is 45.0 Å². The predicted molar refractivity (Wildman–Crippen MR) is 131 cm³/mol. The second-order valence-electron chi connectivity index (χ2n) is 8.91. The molecule has 0 aliphatic carbocycles. The summed E-state index contributed by atoms with van der Waals surface area (Å²) in [4.78, 5) is 13.3. The molecular formula is C27H31NO6. The molecule has 3 aromatic rings. The largest absolute Gasteiger partial charge is 0.493 e. The summed E-state index contributed by atoms with van der Waals surface area (Å²) in [5.74, 6) is 1.84. The first-order valence-corrected chi connectivity index (χ1v) is 11.3. The minimum Gasteiger partial charge on any atom is -0.493 e. The molecule has 1 aliphatic rings. The van der Waals surface area contributed by atoms with Gasteiger partial charge in [0.2, 0.25) is 5.91 Å². The highest BCUT2D eigenvalue weighted by molar-refractivity contribution is 6.05. The average molecular weight is 466 g/mol. The molecule has 1 amide bonds. The predicted octanol–water partition coefficient (Wildman–Crippen LogP) is 5.33. The third-order valence-electron chi connectivity index (χ3n) is 5.83. The monoisotopic (exact) mass is 465 g/mol. The number of nitrogens with one attached hydrogen (secondary N) is 1. The van der Waals surface area contributed by atoms with E-state index in [1.807, 2.05) is 69.3 Å². The van der Waals surface area contributed by atoms with Crippen LogP contribution in [-0.4, -0.2) is 39.4 Å². The SMILES string of the molecule is COc1ccc(C2OCC(C)(C(=O)Nc3ccc(OC(C)C)c4ccccc34)CO2)cc1OC. The van der Waals surface area contributed by atoms with E-state index in [9.17, 15) is 4.79 Å². The highest BCUT2D eigenvalue weighted by Gasteiger charge is 2.40. The van der Waals surface area contributed by atoms with Crippen molar-refractivity contribution < 1.29 is 28.5 Å². The molecule has 1 aliphatic heterocycles. The average Bonchev–Trinajstić information content (AvgIpc) is 2.85. The zero-order valence-electron chi connectivity index (χ0n) is 20.2. The van der Waals surface area contributed by atoms with Crippen molar-refractivity contribution in [2.45, 2.75) is 33.2 Å². The highest BCUT2D eigenvalue weighted by atomic mass is 16.7. The van der Waals surface area contributed by atoms with Crippen LogP contribution < -0.4 is 19.5 Å². The van der Waals surface area contributed by atoms with Crippen LogP contribution in [0, 0.1) is 5.41 Å². The van der Waals surface area contributed by atoms with Crippen LogP contribution in [0.2, 0.25) is 0 Å². The number of carbonyl (C=O) groups excluding carboxylic acids is 1. The van der Waals surface area contributed by atoms with Gasteiger partial charge in [0.1, 0.15) is 5.75 Å². The number of benzene rings is 3. The van der Waals surface area contributed by atoms with Gasteiger partial charge in [0.05, 0.1) is 39.0 Å². The van der Waals surface area contributed by atoms with Crippen LogP contribution in [0.25, 0.3) is 10.8 Å². The number of rotatable bonds is 7. The summed E-state index contributed by atoms with van der Waals surface area (Å²) in [7, 11) is 3.17. The molecule has 0 bridgehead atoms. The molecule has 3 aromatic carbocycles. The van der Waals surface area contributed by atoms with Crippen molar-refractivity contribution >= 4 is 22.4 Å². The number of anilines is 1. The van der Waals surface area contributed by atoms with E-state index in [1.165, 1.54) is 0 Å². The van der Waals surface area contributed by atoms with Crippen molar-refractivity contribution in [2.24, 2.45) is 5.41 Å². The molecular weight excluding hydrogens is 434 g/mol. The van der Waals surface area contributed by atoms with Crippen molar-refractivity contribution in [2.75, 3.05) is 32.8 Å². The summed E-state index contributed by atoms with van der Waals surface area (Å²) in [5.41, 5.74) is 0.674. The maximum atomic E-state index is 13.3. The number of hydrogen-bond acceptors (Lipinski definition) is 6. The zero-order chi connectivity index (χ0) is 24.3. The van der Waals surface area contributed by atoms with E-state index in [-0.39, 0.29) is 25.2 Å². The minimum atomic E-state index is -0.846. The fourth-order valence-electron chi connectivity index (χ4n) is 3.94. The summed E-state index contributed by atoms with van der Waals surface area (Å²) in [6.45, 7) is 6.24. The third kappa shape index (κ3) is 4.81. The molecule has 0 radical (unpaired) electrons. The fourth-order valence-corrected chi connectivity index (χ4v) is 3.94. The van der Waals surface area contributed by atoms with Crippen LogP contribution in [0.5, 0.6) is 17.2 Å². The number of hydrogen-bond donors (Lipinski definition) is 1. The van der Waals surface area contributed by atoms with E-state index >= 15 is 0 Å². The number of ether oxygens (including phenoxy) is 5. The van der Waals surface area contributed by atoms with Gasteiger partial charge in [-0.1, -0.05) is 30.3 Å². The van der Waals surface area contributed by atoms with Gasteiger partial charge in [0.25, 0.3) is 0 Å². The minimum absolute atomic E-state index is 0.0536. The maximum absolute atomic E-state index is 13.3. The van der Waals surface area contributed by atoms with Crippen molar-refractivity contribution in [1.29, 1.82) is 0 Å². The summed E-state index contributed by atoms with van der Waals surface area (Å²) in [6, 6.07) is 17.1. The molecule has 0 unspecified atom stereocenters. The summed E-state index contributed by atoms with van der Waals surface area (Å²) in [5, 5.41) is 4.94. The van der Waals surface area contributed by atoms with Gasteiger partial charge in [0.15, 0.2) is 17.8 Å². The maximum Gasteiger partial charge on any atom is 0.235 e. The Bertz CT molecular complexity index is 1170. The van der Waals surface area contributed by atoms with Crippen molar-refractivity contribution in [3.8, 4) is 17.2 Å². The highest BCUT2D eigenvalue weighted by Crippen LogP contribution is 2.37. The van der Waals surface area contributed by atoms with Crippen LogP contribution in [0.4, 0.5) is 5.69 Å². The van der Waals surface area contributed by atoms with Crippen molar-refractivity contribution in [3.63, 3.8) is 0 Å². The lowest BCUT2D eigenvalue weighted by Crippen LogP contribution is -2.45. The number of fused-ring (bicyclic) bond motifs is 1. The Morgan fingerprint density at radius 2 is 1.59 bits per heavy atom. The second-order valence-corrected chi connectivity index (χ2v) is 8.91. The normalized spacial score (nSPS) is 20.2. The Morgan fingerprint density at radius 3 is 2.24 bits per heavy atom. The molecule has 7 nitrogen and oxygen atoms in total. The number of amides is 1. The number of carbonyl (C=O) groups is 1. The molecule has 1 saturated heterocycles. The fraction of sp³-hybridized carbons (Fsp3) is 0.370. The Kier molecular flexibility index (Phi) is 6.95. The summed E-state index contributed by atoms with van der Waals surface area (Å²) < 4.78 is 28.5. The number of methoxy groups -OCH3 is 2. The van der Waals surface area contributed by atoms with Crippen molar-refractivity contribution in [1.82, 2.24) is 0 Å². The molecule has 7 heteroatoms. The van der Waals surface area contributed by atoms with Crippen molar-refractivity contribution in [3.05, 3.63) is 60.2 Å². The molecule has 1 heterocycles. The van der Waals surface area contributed by atoms with Gasteiger partial charge >= 0.3 is 0 Å². The summed E-state index contributed by atoms with van der Waals surface area (Å²) in [6.07, 6.45) is -0.535. The second kappa shape index (κ2) is 9.91. The van der Waals surface area contributed by atoms with Crippen LogP contribution >= 0.6 is 0 Å². The molecule has 4 rings (SSSR count). The first-order chi connectivity index (χ1) is 16.3. The van der Waals surface area contributed by atoms with E-state index in [0.717, 1.165) is 27.8 Å². The van der Waals surface area contributed by atoms with E-state index in [1.54, 1.807) is 20.3 Å². The topological polar surface area (TPSA) is 75.3 Å². The van der Waals surface area contributed by atoms with Gasteiger partial charge in [-0.15, -0.1) is 0 Å². The van der Waals surface area contributed by atoms with E-state index < -0.39 is 11.7 Å². The van der Waals surface area contributed by atoms with E-state index in [0.29, 0.717) is 11.5 Å².